The molecule has 1 saturated carbocycles. The largest absolute Gasteiger partial charge is 0.342 e. The van der Waals surface area contributed by atoms with Crippen molar-refractivity contribution in [3.63, 3.8) is 0 Å². The molecule has 1 saturated heterocycles. The molecule has 0 spiro atoms. The van der Waals surface area contributed by atoms with Crippen LogP contribution in [-0.2, 0) is 22.6 Å². The minimum absolute atomic E-state index is 0.107. The molecule has 1 N–H and O–H groups in total. The quantitative estimate of drug-likeness (QED) is 0.831. The second-order valence-electron chi connectivity index (χ2n) is 8.96. The zero-order valence-corrected chi connectivity index (χ0v) is 17.5. The van der Waals surface area contributed by atoms with Crippen LogP contribution in [0.3, 0.4) is 0 Å². The first-order valence-electron chi connectivity index (χ1n) is 11.2. The van der Waals surface area contributed by atoms with E-state index in [9.17, 15) is 14.4 Å². The summed E-state index contributed by atoms with van der Waals surface area (Å²) < 4.78 is 1.52. The molecule has 3 aliphatic rings. The molecule has 4 heterocycles. The topological polar surface area (TPSA) is 90.8 Å². The Kier molecular flexibility index (Phi) is 4.87. The van der Waals surface area contributed by atoms with Crippen LogP contribution in [0, 0.1) is 5.92 Å². The van der Waals surface area contributed by atoms with Crippen LogP contribution in [0.5, 0.6) is 0 Å². The summed E-state index contributed by atoms with van der Waals surface area (Å²) in [6.45, 7) is 4.52. The lowest BCUT2D eigenvalue weighted by atomic mass is 9.94. The number of fused-ring (bicyclic) bond motifs is 2. The van der Waals surface area contributed by atoms with Gasteiger partial charge in [0.05, 0.1) is 17.8 Å². The highest BCUT2D eigenvalue weighted by atomic mass is 16.2. The van der Waals surface area contributed by atoms with Crippen LogP contribution >= 0.6 is 0 Å². The number of amides is 2. The van der Waals surface area contributed by atoms with Crippen molar-refractivity contribution in [1.82, 2.24) is 24.4 Å². The van der Waals surface area contributed by atoms with Gasteiger partial charge in [-0.15, -0.1) is 0 Å². The van der Waals surface area contributed by atoms with E-state index in [0.29, 0.717) is 43.7 Å². The summed E-state index contributed by atoms with van der Waals surface area (Å²) in [6.07, 6.45) is 5.96. The number of likely N-dealkylation sites (tertiary alicyclic amines) is 1. The Labute approximate surface area is 175 Å². The minimum Gasteiger partial charge on any atom is -0.342 e. The van der Waals surface area contributed by atoms with Gasteiger partial charge in [0.2, 0.25) is 11.8 Å². The molecule has 1 atom stereocenters. The molecule has 160 valence electrons. The summed E-state index contributed by atoms with van der Waals surface area (Å²) in [5.74, 6) is 0.735. The molecule has 2 aromatic rings. The Bertz CT molecular complexity index is 1050. The maximum Gasteiger partial charge on any atom is 0.277 e. The molecule has 0 unspecified atom stereocenters. The average Bonchev–Trinajstić information content (AvgIpc) is 3.52. The predicted octanol–water partition coefficient (Wildman–Crippen LogP) is 1.82. The molecule has 30 heavy (non-hydrogen) atoms. The van der Waals surface area contributed by atoms with Crippen molar-refractivity contribution < 1.29 is 9.59 Å². The second-order valence-corrected chi connectivity index (χ2v) is 8.96. The fourth-order valence-electron chi connectivity index (χ4n) is 4.82. The van der Waals surface area contributed by atoms with E-state index in [1.165, 1.54) is 4.52 Å². The molecule has 1 aliphatic carbocycles. The fraction of sp³-hybridized carbons (Fsp3) is 0.636. The SMILES string of the molecule is CCCC(=O)N1CCC[C@H](c2cc3nc4c(c(=O)n3[nH]2)CN(C(=O)C2CC2)CC4)C1. The molecule has 2 fully saturated rings. The van der Waals surface area contributed by atoms with Crippen molar-refractivity contribution in [2.45, 2.75) is 64.3 Å². The number of hydrogen-bond acceptors (Lipinski definition) is 4. The lowest BCUT2D eigenvalue weighted by Gasteiger charge is -2.32. The number of aromatic nitrogens is 3. The van der Waals surface area contributed by atoms with Crippen LogP contribution in [-0.4, -0.2) is 55.8 Å². The van der Waals surface area contributed by atoms with E-state index in [-0.39, 0.29) is 29.2 Å². The molecular formula is C22H29N5O3. The highest BCUT2D eigenvalue weighted by molar-refractivity contribution is 5.81. The van der Waals surface area contributed by atoms with Gasteiger partial charge in [0.1, 0.15) is 0 Å². The van der Waals surface area contributed by atoms with Gasteiger partial charge in [0.15, 0.2) is 5.65 Å². The number of nitrogens with zero attached hydrogens (tertiary/aromatic N) is 4. The van der Waals surface area contributed by atoms with Crippen LogP contribution in [0.2, 0.25) is 0 Å². The number of rotatable bonds is 4. The zero-order valence-electron chi connectivity index (χ0n) is 17.5. The highest BCUT2D eigenvalue weighted by Gasteiger charge is 2.36. The molecule has 0 bridgehead atoms. The van der Waals surface area contributed by atoms with Gasteiger partial charge in [-0.3, -0.25) is 19.5 Å². The Morgan fingerprint density at radius 2 is 2.03 bits per heavy atom. The molecule has 2 amide bonds. The summed E-state index contributed by atoms with van der Waals surface area (Å²) in [7, 11) is 0. The van der Waals surface area contributed by atoms with Crippen LogP contribution in [0.4, 0.5) is 0 Å². The maximum absolute atomic E-state index is 13.2. The van der Waals surface area contributed by atoms with E-state index in [2.05, 4.69) is 5.10 Å². The Hall–Kier alpha value is -2.64. The summed E-state index contributed by atoms with van der Waals surface area (Å²) in [4.78, 5) is 46.5. The third-order valence-electron chi connectivity index (χ3n) is 6.70. The summed E-state index contributed by atoms with van der Waals surface area (Å²) in [6, 6.07) is 1.96. The Morgan fingerprint density at radius 1 is 1.20 bits per heavy atom. The van der Waals surface area contributed by atoms with Crippen molar-refractivity contribution in [3.8, 4) is 0 Å². The number of carbonyl (C=O) groups excluding carboxylic acids is 2. The number of carbonyl (C=O) groups is 2. The van der Waals surface area contributed by atoms with E-state index in [0.717, 1.165) is 50.0 Å². The van der Waals surface area contributed by atoms with E-state index in [1.807, 2.05) is 22.8 Å². The van der Waals surface area contributed by atoms with Gasteiger partial charge in [-0.05, 0) is 32.1 Å². The lowest BCUT2D eigenvalue weighted by molar-refractivity contribution is -0.133. The minimum atomic E-state index is -0.107. The first kappa shape index (κ1) is 19.3. The number of nitrogens with one attached hydrogen (secondary N) is 1. The third kappa shape index (κ3) is 3.42. The van der Waals surface area contributed by atoms with Gasteiger partial charge in [-0.25, -0.2) is 9.50 Å². The van der Waals surface area contributed by atoms with E-state index < -0.39 is 0 Å². The highest BCUT2D eigenvalue weighted by Crippen LogP contribution is 2.32. The lowest BCUT2D eigenvalue weighted by Crippen LogP contribution is -2.41. The average molecular weight is 412 g/mol. The number of H-pyrrole nitrogens is 1. The zero-order chi connectivity index (χ0) is 20.8. The molecule has 0 aromatic carbocycles. The molecule has 8 heteroatoms. The monoisotopic (exact) mass is 411 g/mol. The molecule has 8 nitrogen and oxygen atoms in total. The summed E-state index contributed by atoms with van der Waals surface area (Å²) >= 11 is 0. The molecule has 0 radical (unpaired) electrons. The van der Waals surface area contributed by atoms with E-state index in [4.69, 9.17) is 4.98 Å². The number of aromatic amines is 1. The van der Waals surface area contributed by atoms with Crippen LogP contribution in [0.15, 0.2) is 10.9 Å². The Balaban J connectivity index is 1.41. The van der Waals surface area contributed by atoms with Gasteiger partial charge in [0, 0.05) is 56.1 Å². The Morgan fingerprint density at radius 3 is 2.80 bits per heavy atom. The van der Waals surface area contributed by atoms with Crippen LogP contribution in [0.1, 0.15) is 68.3 Å². The smallest absolute Gasteiger partial charge is 0.277 e. The van der Waals surface area contributed by atoms with Crippen molar-refractivity contribution >= 4 is 17.5 Å². The first-order valence-corrected chi connectivity index (χ1v) is 11.2. The van der Waals surface area contributed by atoms with Gasteiger partial charge in [0.25, 0.3) is 5.56 Å². The molecule has 2 aromatic heterocycles. The van der Waals surface area contributed by atoms with Crippen molar-refractivity contribution in [2.75, 3.05) is 19.6 Å². The van der Waals surface area contributed by atoms with Crippen molar-refractivity contribution in [2.24, 2.45) is 5.92 Å². The van der Waals surface area contributed by atoms with Gasteiger partial charge < -0.3 is 9.80 Å². The van der Waals surface area contributed by atoms with Gasteiger partial charge >= 0.3 is 0 Å². The van der Waals surface area contributed by atoms with E-state index in [1.54, 1.807) is 0 Å². The summed E-state index contributed by atoms with van der Waals surface area (Å²) in [5.41, 5.74) is 2.93. The number of hydrogen-bond donors (Lipinski definition) is 1. The first-order chi connectivity index (χ1) is 14.5. The van der Waals surface area contributed by atoms with Gasteiger partial charge in [-0.2, -0.15) is 0 Å². The predicted molar refractivity (Wildman–Crippen MR) is 111 cm³/mol. The third-order valence-corrected chi connectivity index (χ3v) is 6.70. The van der Waals surface area contributed by atoms with Crippen molar-refractivity contribution in [3.05, 3.63) is 33.4 Å². The maximum atomic E-state index is 13.2. The number of piperidine rings is 1. The summed E-state index contributed by atoms with van der Waals surface area (Å²) in [5, 5.41) is 3.25. The molecule has 5 rings (SSSR count). The fourth-order valence-corrected chi connectivity index (χ4v) is 4.82. The second kappa shape index (κ2) is 7.56. The molecule has 2 aliphatic heterocycles. The molecular weight excluding hydrogens is 382 g/mol. The van der Waals surface area contributed by atoms with E-state index >= 15 is 0 Å². The standard InChI is InChI=1S/C22H29N5O3/c1-2-4-20(28)25-9-3-5-15(12-25)18-11-19-23-17-8-10-26(21(29)14-6-7-14)13-16(17)22(30)27(19)24-18/h11,14-15,24H,2-10,12-13H2,1H3/t15-/m0/s1. The van der Waals surface area contributed by atoms with Crippen LogP contribution < -0.4 is 5.56 Å². The normalized spacial score (nSPS) is 21.7. The van der Waals surface area contributed by atoms with Gasteiger partial charge in [-0.1, -0.05) is 6.92 Å². The van der Waals surface area contributed by atoms with Crippen molar-refractivity contribution in [1.29, 1.82) is 0 Å². The van der Waals surface area contributed by atoms with Crippen LogP contribution in [0.25, 0.3) is 5.65 Å².